The summed E-state index contributed by atoms with van der Waals surface area (Å²) < 4.78 is 5.50. The first-order valence-corrected chi connectivity index (χ1v) is 7.36. The van der Waals surface area contributed by atoms with Gasteiger partial charge >= 0.3 is 0 Å². The summed E-state index contributed by atoms with van der Waals surface area (Å²) in [6.07, 6.45) is 4.47. The second-order valence-corrected chi connectivity index (χ2v) is 6.09. The fraction of sp³-hybridized carbons (Fsp3) is 0.923. The minimum Gasteiger partial charge on any atom is -0.395 e. The average Bonchev–Trinajstić information content (AvgIpc) is 2.85. The van der Waals surface area contributed by atoms with E-state index in [1.165, 1.54) is 11.2 Å². The van der Waals surface area contributed by atoms with Crippen LogP contribution in [0.4, 0.5) is 0 Å². The topological polar surface area (TPSA) is 76.3 Å². The second kappa shape index (κ2) is 5.75. The highest BCUT2D eigenvalue weighted by Gasteiger charge is 2.40. The van der Waals surface area contributed by atoms with E-state index in [2.05, 4.69) is 20.3 Å². The molecule has 1 N–H and O–H groups in total. The summed E-state index contributed by atoms with van der Waals surface area (Å²) in [4.78, 5) is 3.81. The van der Waals surface area contributed by atoms with Crippen LogP contribution in [0, 0.1) is 5.41 Å². The number of piperidine rings is 1. The van der Waals surface area contributed by atoms with E-state index in [1.54, 1.807) is 7.05 Å². The molecular weight excluding hydrogens is 258 g/mol. The van der Waals surface area contributed by atoms with Gasteiger partial charge in [0.15, 0.2) is 5.82 Å². The first kappa shape index (κ1) is 13.9. The molecule has 2 aliphatic rings. The number of aromatic nitrogens is 4. The summed E-state index contributed by atoms with van der Waals surface area (Å²) in [6.45, 7) is 3.59. The summed E-state index contributed by atoms with van der Waals surface area (Å²) in [6, 6.07) is 0.215. The lowest BCUT2D eigenvalue weighted by molar-refractivity contribution is -0.0556. The van der Waals surface area contributed by atoms with Gasteiger partial charge in [-0.25, -0.2) is 0 Å². The van der Waals surface area contributed by atoms with E-state index in [1.807, 2.05) is 0 Å². The fourth-order valence-corrected chi connectivity index (χ4v) is 3.47. The number of likely N-dealkylation sites (tertiary alicyclic amines) is 1. The van der Waals surface area contributed by atoms with Gasteiger partial charge in [-0.05, 0) is 36.3 Å². The van der Waals surface area contributed by atoms with Gasteiger partial charge in [-0.1, -0.05) is 0 Å². The van der Waals surface area contributed by atoms with Crippen molar-refractivity contribution in [1.82, 2.24) is 25.1 Å². The molecule has 0 bridgehead atoms. The van der Waals surface area contributed by atoms with Crippen LogP contribution in [0.15, 0.2) is 0 Å². The molecule has 0 radical (unpaired) electrons. The van der Waals surface area contributed by atoms with Crippen LogP contribution in [0.5, 0.6) is 0 Å². The predicted octanol–water partition coefficient (Wildman–Crippen LogP) is -0.0364. The number of hydrogen-bond acceptors (Lipinski definition) is 6. The number of hydrogen-bond donors (Lipinski definition) is 1. The lowest BCUT2D eigenvalue weighted by atomic mass is 9.72. The highest BCUT2D eigenvalue weighted by atomic mass is 16.5. The lowest BCUT2D eigenvalue weighted by Crippen LogP contribution is -2.51. The molecule has 2 saturated heterocycles. The maximum atomic E-state index is 9.60. The van der Waals surface area contributed by atoms with Crippen molar-refractivity contribution >= 4 is 0 Å². The van der Waals surface area contributed by atoms with Gasteiger partial charge in [-0.2, -0.15) is 4.80 Å². The Kier molecular flexibility index (Phi) is 4.00. The summed E-state index contributed by atoms with van der Waals surface area (Å²) in [5.41, 5.74) is 0.353. The lowest BCUT2D eigenvalue weighted by Gasteiger charge is -2.48. The Hall–Kier alpha value is -1.05. The number of ether oxygens (including phenoxy) is 1. The maximum absolute atomic E-state index is 9.60. The number of aliphatic hydroxyl groups is 1. The number of aliphatic hydroxyl groups excluding tert-OH is 1. The Morgan fingerprint density at radius 2 is 2.15 bits per heavy atom. The Labute approximate surface area is 118 Å². The molecule has 0 saturated carbocycles. The number of tetrazole rings is 1. The van der Waals surface area contributed by atoms with Crippen molar-refractivity contribution in [3.05, 3.63) is 5.82 Å². The zero-order valence-electron chi connectivity index (χ0n) is 12.0. The second-order valence-electron chi connectivity index (χ2n) is 6.09. The molecule has 20 heavy (non-hydrogen) atoms. The van der Waals surface area contributed by atoms with E-state index in [4.69, 9.17) is 4.74 Å². The van der Waals surface area contributed by atoms with Crippen molar-refractivity contribution in [3.8, 4) is 0 Å². The highest BCUT2D eigenvalue weighted by Crippen LogP contribution is 2.41. The molecule has 1 spiro atoms. The number of rotatable bonds is 3. The van der Waals surface area contributed by atoms with Crippen LogP contribution in [-0.2, 0) is 18.3 Å². The van der Waals surface area contributed by atoms with Crippen LogP contribution in [0.3, 0.4) is 0 Å². The van der Waals surface area contributed by atoms with Gasteiger partial charge in [0.1, 0.15) is 0 Å². The van der Waals surface area contributed by atoms with Crippen LogP contribution >= 0.6 is 0 Å². The monoisotopic (exact) mass is 281 g/mol. The molecule has 2 aliphatic heterocycles. The molecule has 0 amide bonds. The predicted molar refractivity (Wildman–Crippen MR) is 71.8 cm³/mol. The molecule has 1 unspecified atom stereocenters. The third kappa shape index (κ3) is 2.84. The Morgan fingerprint density at radius 1 is 1.35 bits per heavy atom. The third-order valence-electron chi connectivity index (χ3n) is 4.72. The zero-order chi connectivity index (χ0) is 14.0. The van der Waals surface area contributed by atoms with Crippen molar-refractivity contribution in [2.24, 2.45) is 12.5 Å². The first-order valence-electron chi connectivity index (χ1n) is 7.36. The van der Waals surface area contributed by atoms with E-state index in [0.29, 0.717) is 12.0 Å². The molecule has 7 heteroatoms. The van der Waals surface area contributed by atoms with Gasteiger partial charge in [0.05, 0.1) is 20.2 Å². The van der Waals surface area contributed by atoms with E-state index in [0.717, 1.165) is 44.8 Å². The van der Waals surface area contributed by atoms with Gasteiger partial charge in [0.2, 0.25) is 0 Å². The molecule has 2 fully saturated rings. The van der Waals surface area contributed by atoms with E-state index in [9.17, 15) is 5.11 Å². The molecule has 7 nitrogen and oxygen atoms in total. The number of nitrogens with zero attached hydrogens (tertiary/aromatic N) is 5. The molecule has 1 atom stereocenters. The summed E-state index contributed by atoms with van der Waals surface area (Å²) in [7, 11) is 1.77. The minimum absolute atomic E-state index is 0.201. The fourth-order valence-electron chi connectivity index (χ4n) is 3.47. The van der Waals surface area contributed by atoms with Crippen molar-refractivity contribution in [2.45, 2.75) is 38.3 Å². The summed E-state index contributed by atoms with van der Waals surface area (Å²) in [5.74, 6) is 0.732. The van der Waals surface area contributed by atoms with Crippen molar-refractivity contribution < 1.29 is 9.84 Å². The maximum Gasteiger partial charge on any atom is 0.188 e. The number of aryl methyl sites for hydroxylation is 1. The van der Waals surface area contributed by atoms with E-state index in [-0.39, 0.29) is 12.6 Å². The molecule has 3 heterocycles. The van der Waals surface area contributed by atoms with E-state index < -0.39 is 0 Å². The first-order chi connectivity index (χ1) is 9.71. The van der Waals surface area contributed by atoms with Crippen LogP contribution in [0.2, 0.25) is 0 Å². The largest absolute Gasteiger partial charge is 0.395 e. The smallest absolute Gasteiger partial charge is 0.188 e. The SMILES string of the molecule is Cn1nnc(CN2CC3(CCOCC3)CCC2CO)n1. The molecule has 1 aromatic heterocycles. The summed E-state index contributed by atoms with van der Waals surface area (Å²) >= 11 is 0. The molecule has 0 aromatic carbocycles. The van der Waals surface area contributed by atoms with Crippen LogP contribution in [0.25, 0.3) is 0 Å². The molecule has 0 aliphatic carbocycles. The van der Waals surface area contributed by atoms with Gasteiger partial charge in [-0.3, -0.25) is 4.90 Å². The third-order valence-corrected chi connectivity index (χ3v) is 4.72. The van der Waals surface area contributed by atoms with Gasteiger partial charge in [0.25, 0.3) is 0 Å². The normalized spacial score (nSPS) is 27.0. The van der Waals surface area contributed by atoms with Gasteiger partial charge in [-0.15, -0.1) is 10.2 Å². The molecule has 1 aromatic rings. The van der Waals surface area contributed by atoms with Crippen LogP contribution in [0.1, 0.15) is 31.5 Å². The minimum atomic E-state index is 0.201. The average molecular weight is 281 g/mol. The standard InChI is InChI=1S/C13H23N5O2/c1-17-15-12(14-16-17)8-18-10-13(3-2-11(18)9-19)4-6-20-7-5-13/h11,19H,2-10H2,1H3. The quantitative estimate of drug-likeness (QED) is 0.838. The van der Waals surface area contributed by atoms with Crippen LogP contribution < -0.4 is 0 Å². The van der Waals surface area contributed by atoms with Gasteiger partial charge in [0, 0.05) is 25.8 Å². The summed E-state index contributed by atoms with van der Waals surface area (Å²) in [5, 5.41) is 21.8. The molecule has 112 valence electrons. The Morgan fingerprint density at radius 3 is 2.80 bits per heavy atom. The Balaban J connectivity index is 1.71. The van der Waals surface area contributed by atoms with Gasteiger partial charge < -0.3 is 9.84 Å². The van der Waals surface area contributed by atoms with Crippen LogP contribution in [-0.4, -0.2) is 62.6 Å². The molecular formula is C13H23N5O2. The van der Waals surface area contributed by atoms with Crippen molar-refractivity contribution in [3.63, 3.8) is 0 Å². The zero-order valence-corrected chi connectivity index (χ0v) is 12.0. The highest BCUT2D eigenvalue weighted by molar-refractivity contribution is 4.94. The Bertz CT molecular complexity index is 444. The van der Waals surface area contributed by atoms with E-state index >= 15 is 0 Å². The molecule has 3 rings (SSSR count). The van der Waals surface area contributed by atoms with Crippen molar-refractivity contribution in [2.75, 3.05) is 26.4 Å². The van der Waals surface area contributed by atoms with Crippen molar-refractivity contribution in [1.29, 1.82) is 0 Å².